The Morgan fingerprint density at radius 2 is 2.22 bits per heavy atom. The summed E-state index contributed by atoms with van der Waals surface area (Å²) < 4.78 is 0. The van der Waals surface area contributed by atoms with Gasteiger partial charge in [0, 0.05) is 11.5 Å². The lowest BCUT2D eigenvalue weighted by molar-refractivity contribution is -0.175. The number of nitrogens with two attached hydrogens (primary N) is 1. The Hall–Kier alpha value is -0.690. The van der Waals surface area contributed by atoms with Gasteiger partial charge in [0.05, 0.1) is 17.7 Å². The highest BCUT2D eigenvalue weighted by molar-refractivity contribution is 7.58. The predicted molar refractivity (Wildman–Crippen MR) is 86.9 cm³/mol. The maximum atomic E-state index is 13.1. The minimum absolute atomic E-state index is 0.0143. The second-order valence-corrected chi connectivity index (χ2v) is 11.2. The highest BCUT2D eigenvalue weighted by Crippen LogP contribution is 2.74. The molecule has 0 aromatic rings. The van der Waals surface area contributed by atoms with Crippen LogP contribution in [0.2, 0.25) is 0 Å². The summed E-state index contributed by atoms with van der Waals surface area (Å²) in [5, 5.41) is 20.2. The number of rotatable bonds is 2. The highest BCUT2D eigenvalue weighted by atomic mass is 31.1. The number of aliphatic hydroxyl groups is 1. The summed E-state index contributed by atoms with van der Waals surface area (Å²) in [6.45, 7) is 1.95. The Morgan fingerprint density at radius 1 is 1.43 bits per heavy atom. The lowest BCUT2D eigenvalue weighted by Crippen LogP contribution is -2.75. The molecule has 9 atom stereocenters. The van der Waals surface area contributed by atoms with Crippen molar-refractivity contribution in [2.24, 2.45) is 28.9 Å². The molecule has 5 heterocycles. The van der Waals surface area contributed by atoms with Crippen LogP contribution in [0.15, 0.2) is 0 Å². The number of likely N-dealkylation sites (tertiary alicyclic amines) is 1. The maximum absolute atomic E-state index is 13.1. The van der Waals surface area contributed by atoms with Gasteiger partial charge in [-0.25, -0.2) is 0 Å². The van der Waals surface area contributed by atoms with E-state index in [1.165, 1.54) is 6.16 Å². The molecule has 0 radical (unpaired) electrons. The lowest BCUT2D eigenvalue weighted by Gasteiger charge is -2.71. The van der Waals surface area contributed by atoms with Crippen LogP contribution in [0.5, 0.6) is 0 Å². The van der Waals surface area contributed by atoms with Gasteiger partial charge in [0.1, 0.15) is 6.04 Å². The fourth-order valence-electron chi connectivity index (χ4n) is 6.70. The predicted octanol–water partition coefficient (Wildman–Crippen LogP) is 0.709. The zero-order chi connectivity index (χ0) is 16.1. The van der Waals surface area contributed by atoms with E-state index in [1.807, 2.05) is 11.8 Å². The molecule has 9 unspecified atom stereocenters. The third-order valence-electron chi connectivity index (χ3n) is 7.35. The van der Waals surface area contributed by atoms with Crippen molar-refractivity contribution < 1.29 is 9.90 Å². The molecule has 7 rings (SSSR count). The normalized spacial score (nSPS) is 56.5. The Kier molecular flexibility index (Phi) is 2.72. The quantitative estimate of drug-likeness (QED) is 0.728. The van der Waals surface area contributed by atoms with E-state index < -0.39 is 11.6 Å². The van der Waals surface area contributed by atoms with E-state index in [2.05, 4.69) is 6.07 Å². The van der Waals surface area contributed by atoms with Crippen molar-refractivity contribution >= 4 is 13.8 Å². The molecule has 23 heavy (non-hydrogen) atoms. The van der Waals surface area contributed by atoms with Crippen LogP contribution in [0.1, 0.15) is 26.2 Å². The van der Waals surface area contributed by atoms with Gasteiger partial charge in [-0.1, -0.05) is 0 Å². The number of fused-ring (bicyclic) bond motifs is 2. The first-order valence-electron chi connectivity index (χ1n) is 8.79. The fourth-order valence-corrected chi connectivity index (χ4v) is 10.5. The standard InChI is InChI=1S/C17H24N3O2P/c1-16(22)7-23-6-10-4-17(8-23,13(10)16)14(19)15(21)20-11(5-18)2-9-3-12(9)20/h9-14,22H,2-4,6-8,19H2,1H3. The summed E-state index contributed by atoms with van der Waals surface area (Å²) in [7, 11) is -0.180. The third-order valence-corrected chi connectivity index (χ3v) is 10.5. The van der Waals surface area contributed by atoms with E-state index in [1.54, 1.807) is 0 Å². The molecule has 0 spiro atoms. The van der Waals surface area contributed by atoms with Crippen LogP contribution in [0.3, 0.4) is 0 Å². The Labute approximate surface area is 137 Å². The zero-order valence-electron chi connectivity index (χ0n) is 13.5. The molecular formula is C17H24N3O2P. The van der Waals surface area contributed by atoms with E-state index in [9.17, 15) is 15.2 Å². The highest BCUT2D eigenvalue weighted by Gasteiger charge is 2.71. The molecule has 6 heteroatoms. The third kappa shape index (κ3) is 1.70. The maximum Gasteiger partial charge on any atom is 0.241 e. The van der Waals surface area contributed by atoms with Crippen LogP contribution in [-0.2, 0) is 4.79 Å². The molecule has 0 aromatic carbocycles. The van der Waals surface area contributed by atoms with Crippen molar-refractivity contribution in [3.05, 3.63) is 0 Å². The number of carbonyl (C=O) groups excluding carboxylic acids is 1. The van der Waals surface area contributed by atoms with E-state index in [0.29, 0.717) is 11.8 Å². The topological polar surface area (TPSA) is 90.3 Å². The van der Waals surface area contributed by atoms with Gasteiger partial charge in [-0.05, 0) is 62.4 Å². The molecule has 4 bridgehead atoms. The van der Waals surface area contributed by atoms with Gasteiger partial charge in [-0.2, -0.15) is 5.26 Å². The van der Waals surface area contributed by atoms with Crippen LogP contribution < -0.4 is 5.73 Å². The van der Waals surface area contributed by atoms with Crippen LogP contribution >= 0.6 is 7.92 Å². The molecule has 5 aliphatic heterocycles. The van der Waals surface area contributed by atoms with Gasteiger partial charge < -0.3 is 15.7 Å². The summed E-state index contributed by atoms with van der Waals surface area (Å²) in [5.74, 6) is 1.26. The molecule has 0 aromatic heterocycles. The number of hydrogen-bond acceptors (Lipinski definition) is 4. The lowest BCUT2D eigenvalue weighted by atomic mass is 9.47. The Bertz CT molecular complexity index is 632. The number of carbonyl (C=O) groups is 1. The first-order chi connectivity index (χ1) is 10.9. The summed E-state index contributed by atoms with van der Waals surface area (Å²) in [6, 6.07) is 1.74. The molecule has 5 saturated heterocycles. The van der Waals surface area contributed by atoms with E-state index >= 15 is 0 Å². The van der Waals surface area contributed by atoms with Crippen molar-refractivity contribution in [1.29, 1.82) is 5.26 Å². The van der Waals surface area contributed by atoms with Crippen LogP contribution in [0, 0.1) is 34.5 Å². The van der Waals surface area contributed by atoms with Crippen molar-refractivity contribution in [2.45, 2.75) is 49.9 Å². The fraction of sp³-hybridized carbons (Fsp3) is 0.882. The van der Waals surface area contributed by atoms with Crippen molar-refractivity contribution in [1.82, 2.24) is 4.90 Å². The van der Waals surface area contributed by atoms with Gasteiger partial charge in [-0.15, -0.1) is 7.92 Å². The summed E-state index contributed by atoms with van der Waals surface area (Å²) in [4.78, 5) is 15.0. The Morgan fingerprint density at radius 3 is 2.87 bits per heavy atom. The zero-order valence-corrected chi connectivity index (χ0v) is 14.4. The number of nitrogens with zero attached hydrogens (tertiary/aromatic N) is 2. The number of piperidine rings is 1. The van der Waals surface area contributed by atoms with Crippen molar-refractivity contribution in [3.8, 4) is 6.07 Å². The van der Waals surface area contributed by atoms with Gasteiger partial charge in [0.25, 0.3) is 0 Å². The molecule has 2 aliphatic carbocycles. The second-order valence-electron chi connectivity index (χ2n) is 8.87. The molecule has 124 valence electrons. The summed E-state index contributed by atoms with van der Waals surface area (Å²) in [6.07, 6.45) is 6.09. The van der Waals surface area contributed by atoms with Crippen LogP contribution in [0.4, 0.5) is 0 Å². The average Bonchev–Trinajstić information content (AvgIpc) is 3.13. The van der Waals surface area contributed by atoms with E-state index in [-0.39, 0.29) is 37.2 Å². The Balaban J connectivity index is 1.44. The van der Waals surface area contributed by atoms with Crippen molar-refractivity contribution in [3.63, 3.8) is 0 Å². The largest absolute Gasteiger partial charge is 0.389 e. The molecule has 7 aliphatic rings. The number of amides is 1. The average molecular weight is 333 g/mol. The van der Waals surface area contributed by atoms with Crippen LogP contribution in [0.25, 0.3) is 0 Å². The van der Waals surface area contributed by atoms with Gasteiger partial charge in [0.15, 0.2) is 0 Å². The van der Waals surface area contributed by atoms with Crippen molar-refractivity contribution in [2.75, 3.05) is 18.5 Å². The summed E-state index contributed by atoms with van der Waals surface area (Å²) >= 11 is 0. The number of nitriles is 1. The van der Waals surface area contributed by atoms with Gasteiger partial charge in [0.2, 0.25) is 5.91 Å². The molecule has 5 nitrogen and oxygen atoms in total. The van der Waals surface area contributed by atoms with E-state index in [0.717, 1.165) is 31.6 Å². The van der Waals surface area contributed by atoms with Gasteiger partial charge >= 0.3 is 0 Å². The molecule has 1 amide bonds. The van der Waals surface area contributed by atoms with Gasteiger partial charge in [-0.3, -0.25) is 4.79 Å². The monoisotopic (exact) mass is 333 g/mol. The first kappa shape index (κ1) is 14.6. The SMILES string of the molecule is CC1(O)CP2CC3CC(C(N)C(=O)N4C(C#N)CC5CC54)(C2)C31. The molecule has 2 saturated carbocycles. The first-order valence-corrected chi connectivity index (χ1v) is 10.7. The van der Waals surface area contributed by atoms with Crippen LogP contribution in [-0.4, -0.2) is 58.1 Å². The minimum Gasteiger partial charge on any atom is -0.389 e. The molecular weight excluding hydrogens is 309 g/mol. The minimum atomic E-state index is -0.648. The summed E-state index contributed by atoms with van der Waals surface area (Å²) in [5.41, 5.74) is 5.71. The molecule has 3 N–H and O–H groups in total. The smallest absolute Gasteiger partial charge is 0.241 e. The number of hydrogen-bond donors (Lipinski definition) is 2. The second kappa shape index (κ2) is 4.28. The van der Waals surface area contributed by atoms with E-state index in [4.69, 9.17) is 5.73 Å². The molecule has 7 fully saturated rings.